The van der Waals surface area contributed by atoms with Crippen molar-refractivity contribution in [3.63, 3.8) is 0 Å². The van der Waals surface area contributed by atoms with E-state index in [2.05, 4.69) is 23.8 Å². The van der Waals surface area contributed by atoms with Crippen molar-refractivity contribution in [1.29, 1.82) is 5.53 Å². The summed E-state index contributed by atoms with van der Waals surface area (Å²) in [7, 11) is -4.70. The molecule has 1 unspecified atom stereocenters. The van der Waals surface area contributed by atoms with E-state index < -0.39 is 20.8 Å². The average molecular weight is 446 g/mol. The molecule has 0 bridgehead atoms. The van der Waals surface area contributed by atoms with Crippen LogP contribution in [-0.2, 0) is 16.5 Å². The van der Waals surface area contributed by atoms with Gasteiger partial charge in [-0.3, -0.25) is 9.35 Å². The van der Waals surface area contributed by atoms with Crippen LogP contribution in [0.15, 0.2) is 78.9 Å². The van der Waals surface area contributed by atoms with Gasteiger partial charge in [0.15, 0.2) is 0 Å². The van der Waals surface area contributed by atoms with Gasteiger partial charge < -0.3 is 0 Å². The Bertz CT molecular complexity index is 1390. The molecule has 0 radical (unpaired) electrons. The molecule has 0 spiro atoms. The number of nitrogens with one attached hydrogen (secondary N) is 1. The third kappa shape index (κ3) is 3.97. The van der Waals surface area contributed by atoms with Crippen LogP contribution in [0.1, 0.15) is 45.5 Å². The molecule has 0 fully saturated rings. The summed E-state index contributed by atoms with van der Waals surface area (Å²) >= 11 is 0. The number of carbonyl (C=O) groups excluding carboxylic acids is 1. The topological polar surface area (TPSA) is 109 Å². The molecule has 0 saturated carbocycles. The molecule has 32 heavy (non-hydrogen) atoms. The van der Waals surface area contributed by atoms with Gasteiger partial charge in [0.25, 0.3) is 15.9 Å². The highest BCUT2D eigenvalue weighted by Crippen LogP contribution is 2.38. The van der Waals surface area contributed by atoms with Crippen LogP contribution in [-0.4, -0.2) is 29.3 Å². The van der Waals surface area contributed by atoms with E-state index in [1.165, 1.54) is 17.7 Å². The molecule has 3 aromatic rings. The number of allylic oxidation sites excluding steroid dienone is 1. The number of hydrogen-bond donors (Lipinski definition) is 2. The minimum atomic E-state index is -4.70. The number of benzene rings is 3. The number of carbonyl (C=O) groups is 1. The maximum Gasteiger partial charge on any atom is 0.421 e. The average Bonchev–Trinajstić information content (AvgIpc) is 2.79. The highest BCUT2D eigenvalue weighted by Gasteiger charge is 2.43. The zero-order chi connectivity index (χ0) is 22.9. The van der Waals surface area contributed by atoms with Crippen LogP contribution in [0.5, 0.6) is 0 Å². The summed E-state index contributed by atoms with van der Waals surface area (Å²) in [5.74, 6) is -0.275. The molecule has 4 rings (SSSR count). The van der Waals surface area contributed by atoms with Crippen molar-refractivity contribution in [1.82, 2.24) is 0 Å². The molecule has 0 aromatic heterocycles. The first-order valence-electron chi connectivity index (χ1n) is 10.1. The Labute approximate surface area is 186 Å². The number of nitrogens with zero attached hydrogens (tertiary/aromatic N) is 1. The van der Waals surface area contributed by atoms with Gasteiger partial charge >= 0.3 is 5.71 Å². The Morgan fingerprint density at radius 2 is 1.50 bits per heavy atom. The third-order valence-electron chi connectivity index (χ3n) is 5.62. The first-order chi connectivity index (χ1) is 15.3. The fraction of sp³-hybridized carbons (Fsp3) is 0.120. The second kappa shape index (κ2) is 8.48. The quantitative estimate of drug-likeness (QED) is 0.338. The summed E-state index contributed by atoms with van der Waals surface area (Å²) in [6.45, 7) is 2.13. The molecule has 1 aliphatic carbocycles. The summed E-state index contributed by atoms with van der Waals surface area (Å²) in [4.78, 5) is 15.8. The molecule has 3 aromatic carbocycles. The predicted molar refractivity (Wildman–Crippen MR) is 122 cm³/mol. The molecule has 0 aliphatic heterocycles. The zero-order valence-electron chi connectivity index (χ0n) is 17.3. The van der Waals surface area contributed by atoms with E-state index >= 15 is 0 Å². The summed E-state index contributed by atoms with van der Waals surface area (Å²) < 4.78 is 34.7. The Hall–Kier alpha value is -3.64. The van der Waals surface area contributed by atoms with E-state index in [0.29, 0.717) is 5.56 Å². The van der Waals surface area contributed by atoms with Gasteiger partial charge in [-0.25, -0.2) is 0 Å². The smallest absolute Gasteiger partial charge is 0.282 e. The summed E-state index contributed by atoms with van der Waals surface area (Å²) in [5.41, 5.74) is 9.98. The van der Waals surface area contributed by atoms with Crippen LogP contribution < -0.4 is 0 Å². The fourth-order valence-corrected chi connectivity index (χ4v) is 4.99. The lowest BCUT2D eigenvalue weighted by Gasteiger charge is -2.17. The van der Waals surface area contributed by atoms with E-state index in [-0.39, 0.29) is 28.3 Å². The summed E-state index contributed by atoms with van der Waals surface area (Å²) in [5, 5.41) is 0. The Kier molecular flexibility index (Phi) is 5.72. The molecule has 2 N–H and O–H groups in total. The standard InChI is InChI=1S/C25H20N2O4S/c1-16(18-7-3-2-4-8-18)15-17-11-13-19(14-12-17)22-23(27-26)24(28)20-9-5-6-10-21(20)25(22)32(29,30)31/h2-14,16,26H,15H2,1H3/p+1. The largest absolute Gasteiger partial charge is 0.421 e. The number of hydrogen-bond acceptors (Lipinski definition) is 4. The highest BCUT2D eigenvalue weighted by atomic mass is 32.2. The zero-order valence-corrected chi connectivity index (χ0v) is 18.1. The molecule has 0 heterocycles. The van der Waals surface area contributed by atoms with Gasteiger partial charge in [0.05, 0.1) is 10.3 Å². The van der Waals surface area contributed by atoms with Gasteiger partial charge in [0, 0.05) is 11.1 Å². The predicted octanol–water partition coefficient (Wildman–Crippen LogP) is 4.67. The van der Waals surface area contributed by atoms with Gasteiger partial charge in [-0.05, 0) is 29.0 Å². The Morgan fingerprint density at radius 3 is 2.09 bits per heavy atom. The minimum absolute atomic E-state index is 0.0612. The first kappa shape index (κ1) is 21.6. The van der Waals surface area contributed by atoms with Crippen molar-refractivity contribution in [2.24, 2.45) is 0 Å². The van der Waals surface area contributed by atoms with E-state index in [1.54, 1.807) is 24.3 Å². The molecule has 7 heteroatoms. The SMILES string of the molecule is CC(Cc1ccc(C2=C(S(=O)(=O)O)c3ccccc3C(=O)C2=[N+]=N)cc1)c1ccccc1. The number of Topliss-reactive ketones (excluding diaryl/α,β-unsaturated/α-hetero) is 1. The van der Waals surface area contributed by atoms with E-state index in [1.807, 2.05) is 30.3 Å². The third-order valence-corrected chi connectivity index (χ3v) is 6.56. The van der Waals surface area contributed by atoms with E-state index in [4.69, 9.17) is 5.53 Å². The van der Waals surface area contributed by atoms with Gasteiger partial charge in [0.1, 0.15) is 10.5 Å². The van der Waals surface area contributed by atoms with Crippen LogP contribution in [0.3, 0.4) is 0 Å². The van der Waals surface area contributed by atoms with E-state index in [9.17, 15) is 17.8 Å². The van der Waals surface area contributed by atoms with Crippen molar-refractivity contribution >= 4 is 32.1 Å². The molecule has 1 aliphatic rings. The molecular formula is C25H21N2O4S+. The molecule has 6 nitrogen and oxygen atoms in total. The molecule has 0 saturated heterocycles. The van der Waals surface area contributed by atoms with Crippen molar-refractivity contribution in [3.05, 3.63) is 107 Å². The van der Waals surface area contributed by atoms with Gasteiger partial charge in [0.2, 0.25) is 0 Å². The van der Waals surface area contributed by atoms with Crippen LogP contribution >= 0.6 is 0 Å². The maximum atomic E-state index is 12.9. The van der Waals surface area contributed by atoms with Gasteiger partial charge in [-0.1, -0.05) is 85.8 Å². The molecular weight excluding hydrogens is 424 g/mol. The molecule has 160 valence electrons. The van der Waals surface area contributed by atoms with E-state index in [0.717, 1.165) is 12.0 Å². The van der Waals surface area contributed by atoms with Crippen molar-refractivity contribution < 1.29 is 22.6 Å². The summed E-state index contributed by atoms with van der Waals surface area (Å²) in [6.07, 6.45) is 0.773. The first-order valence-corrected chi connectivity index (χ1v) is 11.5. The summed E-state index contributed by atoms with van der Waals surface area (Å²) in [6, 6.07) is 23.3. The normalized spacial score (nSPS) is 14.7. The number of rotatable bonds is 5. The minimum Gasteiger partial charge on any atom is -0.282 e. The second-order valence-electron chi connectivity index (χ2n) is 7.73. The Morgan fingerprint density at radius 1 is 0.906 bits per heavy atom. The number of fused-ring (bicyclic) bond motifs is 1. The van der Waals surface area contributed by atoms with Crippen LogP contribution in [0, 0.1) is 5.53 Å². The van der Waals surface area contributed by atoms with Crippen molar-refractivity contribution in [2.45, 2.75) is 19.3 Å². The Balaban J connectivity index is 1.81. The second-order valence-corrected chi connectivity index (χ2v) is 9.09. The highest BCUT2D eigenvalue weighted by molar-refractivity contribution is 7.95. The van der Waals surface area contributed by atoms with Gasteiger partial charge in [-0.15, -0.1) is 0 Å². The monoisotopic (exact) mass is 445 g/mol. The lowest BCUT2D eigenvalue weighted by atomic mass is 9.85. The number of ketones is 1. The van der Waals surface area contributed by atoms with Crippen molar-refractivity contribution in [2.75, 3.05) is 0 Å². The van der Waals surface area contributed by atoms with Crippen LogP contribution in [0.25, 0.3) is 10.5 Å². The maximum absolute atomic E-state index is 12.9. The lowest BCUT2D eigenvalue weighted by Crippen LogP contribution is -2.26. The molecule has 0 amide bonds. The van der Waals surface area contributed by atoms with Gasteiger partial charge in [-0.2, -0.15) is 8.42 Å². The fourth-order valence-electron chi connectivity index (χ4n) is 4.07. The van der Waals surface area contributed by atoms with Crippen LogP contribution in [0.4, 0.5) is 0 Å². The van der Waals surface area contributed by atoms with Crippen molar-refractivity contribution in [3.8, 4) is 0 Å². The lowest BCUT2D eigenvalue weighted by molar-refractivity contribution is -0.116. The molecule has 1 atom stereocenters. The van der Waals surface area contributed by atoms with Crippen LogP contribution in [0.2, 0.25) is 0 Å².